The summed E-state index contributed by atoms with van der Waals surface area (Å²) in [5, 5.41) is 4.06. The molecule has 0 atom stereocenters. The van der Waals surface area contributed by atoms with Crippen LogP contribution in [0, 0.1) is 0 Å². The van der Waals surface area contributed by atoms with Gasteiger partial charge in [0.2, 0.25) is 5.76 Å². The molecule has 0 N–H and O–H groups in total. The van der Waals surface area contributed by atoms with Gasteiger partial charge in [0.25, 0.3) is 0 Å². The Morgan fingerprint density at radius 2 is 2.04 bits per heavy atom. The van der Waals surface area contributed by atoms with E-state index in [-0.39, 0.29) is 5.76 Å². The Morgan fingerprint density at radius 1 is 1.19 bits per heavy atom. The number of thiophene rings is 1. The molecular formula is C19H14N2O3S2. The number of methoxy groups -OCH3 is 1. The van der Waals surface area contributed by atoms with E-state index >= 15 is 0 Å². The summed E-state index contributed by atoms with van der Waals surface area (Å²) in [5.74, 6) is 0.984. The number of carbonyl (C=O) groups is 1. The number of aromatic nitrogens is 2. The van der Waals surface area contributed by atoms with E-state index in [1.165, 1.54) is 7.11 Å². The van der Waals surface area contributed by atoms with E-state index in [1.807, 2.05) is 18.2 Å². The molecule has 0 spiro atoms. The standard InChI is InChI=1S/C19H14N2O3S2/c1-23-19(22)15-8-7-13(24-15)9-25-17-16-14(12-5-3-2-4-6-12)10-26-18(16)21-11-20-17/h2-8,10-11H,9H2,1H3. The summed E-state index contributed by atoms with van der Waals surface area (Å²) in [4.78, 5) is 21.3. The third-order valence-electron chi connectivity index (χ3n) is 3.82. The number of fused-ring (bicyclic) bond motifs is 1. The highest BCUT2D eigenvalue weighted by Gasteiger charge is 2.15. The van der Waals surface area contributed by atoms with Gasteiger partial charge in [0, 0.05) is 10.9 Å². The number of ether oxygens (including phenoxy) is 1. The van der Waals surface area contributed by atoms with Crippen molar-refractivity contribution in [1.29, 1.82) is 0 Å². The first kappa shape index (κ1) is 16.8. The number of nitrogens with zero attached hydrogens (tertiary/aromatic N) is 2. The van der Waals surface area contributed by atoms with Gasteiger partial charge in [0.05, 0.1) is 18.2 Å². The first-order valence-electron chi connectivity index (χ1n) is 7.83. The van der Waals surface area contributed by atoms with E-state index in [1.54, 1.807) is 41.6 Å². The van der Waals surface area contributed by atoms with Crippen molar-refractivity contribution in [3.05, 3.63) is 65.7 Å². The van der Waals surface area contributed by atoms with Crippen LogP contribution in [0.25, 0.3) is 21.3 Å². The Balaban J connectivity index is 1.64. The summed E-state index contributed by atoms with van der Waals surface area (Å²) in [7, 11) is 1.33. The molecule has 0 fully saturated rings. The van der Waals surface area contributed by atoms with Crippen LogP contribution in [-0.4, -0.2) is 23.0 Å². The van der Waals surface area contributed by atoms with Crippen LogP contribution in [0.1, 0.15) is 16.3 Å². The van der Waals surface area contributed by atoms with Gasteiger partial charge < -0.3 is 9.15 Å². The average Bonchev–Trinajstić information content (AvgIpc) is 3.34. The van der Waals surface area contributed by atoms with Crippen LogP contribution >= 0.6 is 23.1 Å². The lowest BCUT2D eigenvalue weighted by Crippen LogP contribution is -1.98. The maximum absolute atomic E-state index is 11.5. The molecule has 0 aliphatic carbocycles. The molecule has 0 bridgehead atoms. The highest BCUT2D eigenvalue weighted by Crippen LogP contribution is 2.38. The first-order valence-corrected chi connectivity index (χ1v) is 9.70. The van der Waals surface area contributed by atoms with Crippen LogP contribution in [0.5, 0.6) is 0 Å². The molecule has 5 nitrogen and oxygen atoms in total. The molecule has 4 rings (SSSR count). The van der Waals surface area contributed by atoms with Crippen molar-refractivity contribution in [3.8, 4) is 11.1 Å². The lowest BCUT2D eigenvalue weighted by atomic mass is 10.1. The minimum atomic E-state index is -0.477. The molecule has 0 radical (unpaired) electrons. The van der Waals surface area contributed by atoms with Gasteiger partial charge in [-0.2, -0.15) is 0 Å². The van der Waals surface area contributed by atoms with E-state index < -0.39 is 5.97 Å². The number of carbonyl (C=O) groups excluding carboxylic acids is 1. The average molecular weight is 382 g/mol. The molecule has 3 heterocycles. The molecule has 0 aliphatic rings. The third-order valence-corrected chi connectivity index (χ3v) is 5.72. The molecule has 0 amide bonds. The number of furan rings is 1. The Hall–Kier alpha value is -2.64. The molecule has 0 saturated heterocycles. The van der Waals surface area contributed by atoms with Crippen LogP contribution in [-0.2, 0) is 10.5 Å². The first-order chi connectivity index (χ1) is 12.8. The van der Waals surface area contributed by atoms with Gasteiger partial charge in [-0.15, -0.1) is 11.3 Å². The Morgan fingerprint density at radius 3 is 2.85 bits per heavy atom. The van der Waals surface area contributed by atoms with Crippen molar-refractivity contribution in [3.63, 3.8) is 0 Å². The summed E-state index contributed by atoms with van der Waals surface area (Å²) >= 11 is 3.17. The van der Waals surface area contributed by atoms with Crippen LogP contribution in [0.2, 0.25) is 0 Å². The molecule has 0 saturated carbocycles. The molecule has 7 heteroatoms. The highest BCUT2D eigenvalue weighted by molar-refractivity contribution is 7.98. The molecule has 0 aliphatic heterocycles. The van der Waals surface area contributed by atoms with Gasteiger partial charge in [-0.3, -0.25) is 0 Å². The van der Waals surface area contributed by atoms with Crippen molar-refractivity contribution in [2.45, 2.75) is 10.8 Å². The SMILES string of the molecule is COC(=O)c1ccc(CSc2ncnc3scc(-c4ccccc4)c23)o1. The zero-order valence-corrected chi connectivity index (χ0v) is 15.5. The van der Waals surface area contributed by atoms with Crippen molar-refractivity contribution in [1.82, 2.24) is 9.97 Å². The summed E-state index contributed by atoms with van der Waals surface area (Å²) in [6, 6.07) is 13.6. The number of esters is 1. The quantitative estimate of drug-likeness (QED) is 0.274. The monoisotopic (exact) mass is 382 g/mol. The normalized spacial score (nSPS) is 11.0. The Bertz CT molecular complexity index is 1060. The predicted molar refractivity (Wildman–Crippen MR) is 102 cm³/mol. The molecule has 1 aromatic carbocycles. The lowest BCUT2D eigenvalue weighted by Gasteiger charge is -2.04. The predicted octanol–water partition coefficient (Wildman–Crippen LogP) is 5.03. The molecule has 26 heavy (non-hydrogen) atoms. The smallest absolute Gasteiger partial charge is 0.373 e. The van der Waals surface area contributed by atoms with E-state index in [4.69, 9.17) is 4.42 Å². The lowest BCUT2D eigenvalue weighted by molar-refractivity contribution is 0.0563. The van der Waals surface area contributed by atoms with Gasteiger partial charge in [-0.1, -0.05) is 42.1 Å². The van der Waals surface area contributed by atoms with E-state index in [0.29, 0.717) is 11.5 Å². The molecule has 4 aromatic rings. The van der Waals surface area contributed by atoms with Gasteiger partial charge in [0.15, 0.2) is 0 Å². The number of thioether (sulfide) groups is 1. The second kappa shape index (κ2) is 7.31. The minimum absolute atomic E-state index is 0.205. The maximum atomic E-state index is 11.5. The molecule has 3 aromatic heterocycles. The van der Waals surface area contributed by atoms with Crippen molar-refractivity contribution in [2.24, 2.45) is 0 Å². The van der Waals surface area contributed by atoms with E-state index in [0.717, 1.165) is 26.4 Å². The fourth-order valence-electron chi connectivity index (χ4n) is 2.59. The Kier molecular flexibility index (Phi) is 4.73. The van der Waals surface area contributed by atoms with Crippen molar-refractivity contribution < 1.29 is 13.9 Å². The van der Waals surface area contributed by atoms with Gasteiger partial charge >= 0.3 is 5.97 Å². The van der Waals surface area contributed by atoms with Crippen LogP contribution < -0.4 is 0 Å². The largest absolute Gasteiger partial charge is 0.463 e. The molecule has 0 unspecified atom stereocenters. The summed E-state index contributed by atoms with van der Waals surface area (Å²) in [5.41, 5.74) is 2.27. The second-order valence-electron chi connectivity index (χ2n) is 5.42. The molecular weight excluding hydrogens is 368 g/mol. The number of benzene rings is 1. The number of rotatable bonds is 5. The van der Waals surface area contributed by atoms with E-state index in [2.05, 4.69) is 32.2 Å². The number of hydrogen-bond donors (Lipinski definition) is 0. The summed E-state index contributed by atoms with van der Waals surface area (Å²) in [6.07, 6.45) is 1.58. The van der Waals surface area contributed by atoms with Crippen LogP contribution in [0.3, 0.4) is 0 Å². The summed E-state index contributed by atoms with van der Waals surface area (Å²) in [6.45, 7) is 0. The van der Waals surface area contributed by atoms with Crippen molar-refractivity contribution >= 4 is 39.3 Å². The van der Waals surface area contributed by atoms with Gasteiger partial charge in [0.1, 0.15) is 21.9 Å². The Labute approximate surface area is 158 Å². The second-order valence-corrected chi connectivity index (χ2v) is 7.24. The number of hydrogen-bond acceptors (Lipinski definition) is 7. The van der Waals surface area contributed by atoms with Crippen LogP contribution in [0.4, 0.5) is 0 Å². The fourth-order valence-corrected chi connectivity index (χ4v) is 4.48. The topological polar surface area (TPSA) is 65.2 Å². The highest BCUT2D eigenvalue weighted by atomic mass is 32.2. The fraction of sp³-hybridized carbons (Fsp3) is 0.105. The summed E-state index contributed by atoms with van der Waals surface area (Å²) < 4.78 is 10.2. The maximum Gasteiger partial charge on any atom is 0.373 e. The van der Waals surface area contributed by atoms with Gasteiger partial charge in [-0.05, 0) is 17.7 Å². The van der Waals surface area contributed by atoms with Gasteiger partial charge in [-0.25, -0.2) is 14.8 Å². The van der Waals surface area contributed by atoms with Crippen molar-refractivity contribution in [2.75, 3.05) is 7.11 Å². The van der Waals surface area contributed by atoms with E-state index in [9.17, 15) is 4.79 Å². The molecule has 130 valence electrons. The zero-order valence-electron chi connectivity index (χ0n) is 13.8. The third kappa shape index (κ3) is 3.23. The minimum Gasteiger partial charge on any atom is -0.463 e. The van der Waals surface area contributed by atoms with Crippen LogP contribution in [0.15, 0.2) is 63.6 Å². The zero-order chi connectivity index (χ0) is 17.9.